The molecule has 0 amide bonds. The highest BCUT2D eigenvalue weighted by molar-refractivity contribution is 7.90. The lowest BCUT2D eigenvalue weighted by Gasteiger charge is -2.29. The lowest BCUT2D eigenvalue weighted by atomic mass is 9.88. The molecule has 2 N–H and O–H groups in total. The predicted molar refractivity (Wildman–Crippen MR) is 61.0 cm³/mol. The van der Waals surface area contributed by atoms with Gasteiger partial charge in [0, 0.05) is 6.54 Å². The van der Waals surface area contributed by atoms with E-state index in [0.29, 0.717) is 0 Å². The quantitative estimate of drug-likeness (QED) is 0.806. The van der Waals surface area contributed by atoms with E-state index in [9.17, 15) is 26.4 Å². The Morgan fingerprint density at radius 2 is 1.74 bits per heavy atom. The molecule has 0 unspecified atom stereocenters. The van der Waals surface area contributed by atoms with Gasteiger partial charge in [0.1, 0.15) is 0 Å². The third-order valence-electron chi connectivity index (χ3n) is 3.22. The molecule has 0 aromatic rings. The van der Waals surface area contributed by atoms with Gasteiger partial charge < -0.3 is 5.11 Å². The van der Waals surface area contributed by atoms with Crippen molar-refractivity contribution in [1.29, 1.82) is 0 Å². The Balaban J connectivity index is 2.48. The van der Waals surface area contributed by atoms with Crippen LogP contribution in [0.15, 0.2) is 0 Å². The number of carbonyl (C=O) groups is 1. The second-order valence-corrected chi connectivity index (χ2v) is 6.64. The summed E-state index contributed by atoms with van der Waals surface area (Å²) >= 11 is 0. The standard InChI is InChI=1S/C10H16F3NO4S/c11-10(12,13)7-1-3-8(4-2-7)19(17,18)14-6-5-9(15)16/h7-8,14H,1-6H2,(H,15,16). The molecule has 0 bridgehead atoms. The largest absolute Gasteiger partial charge is 0.481 e. The van der Waals surface area contributed by atoms with E-state index in [1.807, 2.05) is 0 Å². The molecule has 112 valence electrons. The first-order valence-electron chi connectivity index (χ1n) is 5.90. The molecule has 0 spiro atoms. The summed E-state index contributed by atoms with van der Waals surface area (Å²) in [6, 6.07) is 0. The van der Waals surface area contributed by atoms with E-state index in [0.717, 1.165) is 0 Å². The number of halogens is 3. The molecule has 5 nitrogen and oxygen atoms in total. The third kappa shape index (κ3) is 4.98. The van der Waals surface area contributed by atoms with Crippen LogP contribution in [0.4, 0.5) is 13.2 Å². The number of carboxylic acid groups (broad SMARTS) is 1. The summed E-state index contributed by atoms with van der Waals surface area (Å²) in [4.78, 5) is 10.3. The molecule has 1 aliphatic carbocycles. The maximum absolute atomic E-state index is 12.4. The Bertz CT molecular complexity index is 413. The number of hydrogen-bond acceptors (Lipinski definition) is 3. The van der Waals surface area contributed by atoms with Crippen molar-refractivity contribution in [2.75, 3.05) is 6.54 Å². The van der Waals surface area contributed by atoms with Crippen molar-refractivity contribution in [3.05, 3.63) is 0 Å². The van der Waals surface area contributed by atoms with E-state index in [4.69, 9.17) is 5.11 Å². The van der Waals surface area contributed by atoms with Crippen LogP contribution in [0.1, 0.15) is 32.1 Å². The summed E-state index contributed by atoms with van der Waals surface area (Å²) in [5, 5.41) is 7.52. The Morgan fingerprint density at radius 3 is 2.16 bits per heavy atom. The van der Waals surface area contributed by atoms with Gasteiger partial charge in [0.2, 0.25) is 10.0 Å². The second kappa shape index (κ2) is 6.08. The van der Waals surface area contributed by atoms with Gasteiger partial charge in [0.15, 0.2) is 0 Å². The molecule has 1 aliphatic rings. The van der Waals surface area contributed by atoms with Gasteiger partial charge in [0.25, 0.3) is 0 Å². The van der Waals surface area contributed by atoms with Crippen LogP contribution in [0.25, 0.3) is 0 Å². The van der Waals surface area contributed by atoms with E-state index < -0.39 is 33.3 Å². The van der Waals surface area contributed by atoms with E-state index in [1.54, 1.807) is 0 Å². The summed E-state index contributed by atoms with van der Waals surface area (Å²) in [6.07, 6.45) is -5.12. The minimum atomic E-state index is -4.27. The van der Waals surface area contributed by atoms with Gasteiger partial charge in [-0.15, -0.1) is 0 Å². The van der Waals surface area contributed by atoms with Crippen molar-refractivity contribution in [1.82, 2.24) is 4.72 Å². The zero-order valence-electron chi connectivity index (χ0n) is 10.1. The summed E-state index contributed by atoms with van der Waals surface area (Å²) in [6.45, 7) is -0.239. The SMILES string of the molecule is O=C(O)CCNS(=O)(=O)C1CCC(C(F)(F)F)CC1. The smallest absolute Gasteiger partial charge is 0.391 e. The highest BCUT2D eigenvalue weighted by Gasteiger charge is 2.43. The van der Waals surface area contributed by atoms with Crippen molar-refractivity contribution in [2.45, 2.75) is 43.5 Å². The van der Waals surface area contributed by atoms with E-state index in [1.165, 1.54) is 0 Å². The van der Waals surface area contributed by atoms with E-state index >= 15 is 0 Å². The zero-order chi connectivity index (χ0) is 14.7. The number of sulfonamides is 1. The summed E-state index contributed by atoms with van der Waals surface area (Å²) < 4.78 is 62.9. The van der Waals surface area contributed by atoms with Gasteiger partial charge in [-0.25, -0.2) is 13.1 Å². The monoisotopic (exact) mass is 303 g/mol. The molecular weight excluding hydrogens is 287 g/mol. The lowest BCUT2D eigenvalue weighted by molar-refractivity contribution is -0.181. The molecule has 0 aromatic heterocycles. The molecule has 1 fully saturated rings. The van der Waals surface area contributed by atoms with Crippen LogP contribution in [-0.2, 0) is 14.8 Å². The van der Waals surface area contributed by atoms with Crippen molar-refractivity contribution < 1.29 is 31.5 Å². The van der Waals surface area contributed by atoms with Crippen LogP contribution in [0.3, 0.4) is 0 Å². The van der Waals surface area contributed by atoms with E-state index in [2.05, 4.69) is 4.72 Å². The highest BCUT2D eigenvalue weighted by atomic mass is 32.2. The van der Waals surface area contributed by atoms with Gasteiger partial charge in [-0.3, -0.25) is 4.79 Å². The zero-order valence-corrected chi connectivity index (χ0v) is 10.9. The summed E-state index contributed by atoms with van der Waals surface area (Å²) in [5.74, 6) is -2.57. The van der Waals surface area contributed by atoms with Crippen molar-refractivity contribution in [3.8, 4) is 0 Å². The Labute approximate surface area is 109 Å². The van der Waals surface area contributed by atoms with Gasteiger partial charge in [0.05, 0.1) is 17.6 Å². The first kappa shape index (κ1) is 16.2. The molecule has 1 saturated carbocycles. The molecular formula is C10H16F3NO4S. The molecule has 0 saturated heterocycles. The Kier molecular flexibility index (Phi) is 5.19. The fraction of sp³-hybridized carbons (Fsp3) is 0.900. The highest BCUT2D eigenvalue weighted by Crippen LogP contribution is 2.38. The minimum Gasteiger partial charge on any atom is -0.481 e. The Morgan fingerprint density at radius 1 is 1.21 bits per heavy atom. The number of aliphatic carboxylic acids is 1. The van der Waals surface area contributed by atoms with Crippen LogP contribution in [0.2, 0.25) is 0 Å². The average Bonchev–Trinajstić information content (AvgIpc) is 2.27. The normalized spacial score (nSPS) is 25.2. The fourth-order valence-electron chi connectivity index (χ4n) is 2.12. The first-order valence-corrected chi connectivity index (χ1v) is 7.44. The number of alkyl halides is 3. The minimum absolute atomic E-state index is 0.0490. The van der Waals surface area contributed by atoms with Crippen molar-refractivity contribution in [3.63, 3.8) is 0 Å². The van der Waals surface area contributed by atoms with Gasteiger partial charge in [-0.1, -0.05) is 0 Å². The van der Waals surface area contributed by atoms with Crippen LogP contribution in [0, 0.1) is 5.92 Å². The average molecular weight is 303 g/mol. The summed E-state index contributed by atoms with van der Waals surface area (Å²) in [5.41, 5.74) is 0. The summed E-state index contributed by atoms with van der Waals surface area (Å²) in [7, 11) is -3.73. The Hall–Kier alpha value is -0.830. The number of rotatable bonds is 5. The predicted octanol–water partition coefficient (Wildman–Crippen LogP) is 1.50. The molecule has 19 heavy (non-hydrogen) atoms. The van der Waals surface area contributed by atoms with Crippen LogP contribution in [-0.4, -0.2) is 37.5 Å². The van der Waals surface area contributed by atoms with Crippen LogP contribution < -0.4 is 4.72 Å². The number of nitrogens with one attached hydrogen (secondary N) is 1. The maximum Gasteiger partial charge on any atom is 0.391 e. The maximum atomic E-state index is 12.4. The second-order valence-electron chi connectivity index (χ2n) is 4.60. The van der Waals surface area contributed by atoms with Crippen molar-refractivity contribution in [2.24, 2.45) is 5.92 Å². The van der Waals surface area contributed by atoms with Gasteiger partial charge >= 0.3 is 12.1 Å². The van der Waals surface area contributed by atoms with E-state index in [-0.39, 0.29) is 38.6 Å². The third-order valence-corrected chi connectivity index (χ3v) is 5.17. The van der Waals surface area contributed by atoms with Crippen LogP contribution >= 0.6 is 0 Å². The molecule has 0 aromatic carbocycles. The van der Waals surface area contributed by atoms with Crippen LogP contribution in [0.5, 0.6) is 0 Å². The van der Waals surface area contributed by atoms with Gasteiger partial charge in [-0.2, -0.15) is 13.2 Å². The van der Waals surface area contributed by atoms with Gasteiger partial charge in [-0.05, 0) is 25.7 Å². The number of hydrogen-bond donors (Lipinski definition) is 2. The van der Waals surface area contributed by atoms with Crippen molar-refractivity contribution >= 4 is 16.0 Å². The first-order chi connectivity index (χ1) is 8.63. The lowest BCUT2D eigenvalue weighted by Crippen LogP contribution is -2.39. The fourth-order valence-corrected chi connectivity index (χ4v) is 3.63. The molecule has 0 aliphatic heterocycles. The molecule has 0 radical (unpaired) electrons. The molecule has 0 atom stereocenters. The molecule has 1 rings (SSSR count). The number of carboxylic acids is 1. The molecule has 0 heterocycles. The molecule has 9 heteroatoms. The topological polar surface area (TPSA) is 83.5 Å².